The summed E-state index contributed by atoms with van der Waals surface area (Å²) in [5, 5.41) is 9.16. The monoisotopic (exact) mass is 185 g/mol. The van der Waals surface area contributed by atoms with Crippen LogP contribution in [0.5, 0.6) is 0 Å². The van der Waals surface area contributed by atoms with Gasteiger partial charge in [-0.1, -0.05) is 31.2 Å². The number of nitriles is 1. The van der Waals surface area contributed by atoms with Crippen LogP contribution in [0.3, 0.4) is 0 Å². The van der Waals surface area contributed by atoms with Crippen LogP contribution in [0.15, 0.2) is 24.3 Å². The Morgan fingerprint density at radius 2 is 2.14 bits per heavy atom. The summed E-state index contributed by atoms with van der Waals surface area (Å²) in [6.45, 7) is 2.15. The van der Waals surface area contributed by atoms with E-state index >= 15 is 0 Å². The van der Waals surface area contributed by atoms with Crippen LogP contribution in [0.2, 0.25) is 0 Å². The first-order valence-corrected chi connectivity index (χ1v) is 5.34. The molecule has 1 nitrogen and oxygen atoms in total. The number of hydrogen-bond donors (Lipinski definition) is 0. The zero-order valence-corrected chi connectivity index (χ0v) is 8.53. The summed E-state index contributed by atoms with van der Waals surface area (Å²) in [5.74, 6) is 0.777. The van der Waals surface area contributed by atoms with Crippen molar-refractivity contribution in [1.29, 1.82) is 5.26 Å². The minimum absolute atomic E-state index is 0.145. The third-order valence-electron chi connectivity index (χ3n) is 3.00. The van der Waals surface area contributed by atoms with Crippen molar-refractivity contribution in [3.05, 3.63) is 35.4 Å². The van der Waals surface area contributed by atoms with Crippen LogP contribution >= 0.6 is 0 Å². The van der Waals surface area contributed by atoms with Crippen molar-refractivity contribution in [2.24, 2.45) is 5.92 Å². The zero-order chi connectivity index (χ0) is 9.97. The van der Waals surface area contributed by atoms with Crippen molar-refractivity contribution in [2.75, 3.05) is 0 Å². The van der Waals surface area contributed by atoms with Gasteiger partial charge in [-0.05, 0) is 36.3 Å². The highest BCUT2D eigenvalue weighted by Gasteiger charge is 2.33. The van der Waals surface area contributed by atoms with Crippen LogP contribution < -0.4 is 0 Å². The van der Waals surface area contributed by atoms with Crippen molar-refractivity contribution in [1.82, 2.24) is 0 Å². The first kappa shape index (κ1) is 9.27. The lowest BCUT2D eigenvalue weighted by Gasteiger charge is -2.12. The molecule has 0 heterocycles. The summed E-state index contributed by atoms with van der Waals surface area (Å²) in [7, 11) is 0. The summed E-state index contributed by atoms with van der Waals surface area (Å²) >= 11 is 0. The lowest BCUT2D eigenvalue weighted by molar-refractivity contribution is 0.730. The molecule has 0 radical (unpaired) electrons. The van der Waals surface area contributed by atoms with Crippen molar-refractivity contribution >= 4 is 0 Å². The molecule has 0 spiro atoms. The van der Waals surface area contributed by atoms with Gasteiger partial charge in [0, 0.05) is 0 Å². The van der Waals surface area contributed by atoms with Gasteiger partial charge in [-0.25, -0.2) is 0 Å². The predicted molar refractivity (Wildman–Crippen MR) is 56.9 cm³/mol. The van der Waals surface area contributed by atoms with Gasteiger partial charge in [-0.3, -0.25) is 0 Å². The SMILES string of the molecule is CCc1ccccc1C(C#N)C1CC1. The molecule has 1 aromatic carbocycles. The minimum atomic E-state index is 0.145. The fraction of sp³-hybridized carbons (Fsp3) is 0.462. The number of aryl methyl sites for hydroxylation is 1. The minimum Gasteiger partial charge on any atom is -0.198 e. The Balaban J connectivity index is 2.33. The van der Waals surface area contributed by atoms with E-state index in [1.165, 1.54) is 24.0 Å². The Kier molecular flexibility index (Phi) is 2.54. The fourth-order valence-corrected chi connectivity index (χ4v) is 2.02. The van der Waals surface area contributed by atoms with E-state index < -0.39 is 0 Å². The molecule has 14 heavy (non-hydrogen) atoms. The van der Waals surface area contributed by atoms with Crippen molar-refractivity contribution < 1.29 is 0 Å². The van der Waals surface area contributed by atoms with Gasteiger partial charge >= 0.3 is 0 Å². The Morgan fingerprint density at radius 1 is 1.43 bits per heavy atom. The molecule has 72 valence electrons. The number of hydrogen-bond acceptors (Lipinski definition) is 1. The van der Waals surface area contributed by atoms with Crippen molar-refractivity contribution in [2.45, 2.75) is 32.1 Å². The van der Waals surface area contributed by atoms with E-state index in [-0.39, 0.29) is 5.92 Å². The first-order chi connectivity index (χ1) is 6.86. The molecule has 1 aliphatic carbocycles. The van der Waals surface area contributed by atoms with Gasteiger partial charge in [0.25, 0.3) is 0 Å². The summed E-state index contributed by atoms with van der Waals surface area (Å²) in [4.78, 5) is 0. The lowest BCUT2D eigenvalue weighted by Crippen LogP contribution is -2.01. The molecule has 1 aliphatic rings. The number of nitrogens with zero attached hydrogens (tertiary/aromatic N) is 1. The molecule has 0 bridgehead atoms. The standard InChI is InChI=1S/C13H15N/c1-2-10-5-3-4-6-12(10)13(9-14)11-7-8-11/h3-6,11,13H,2,7-8H2,1H3. The third kappa shape index (κ3) is 1.65. The van der Waals surface area contributed by atoms with E-state index in [9.17, 15) is 0 Å². The molecular formula is C13H15N. The second-order valence-electron chi connectivity index (χ2n) is 4.00. The van der Waals surface area contributed by atoms with E-state index in [1.54, 1.807) is 0 Å². The van der Waals surface area contributed by atoms with Gasteiger partial charge in [-0.15, -0.1) is 0 Å². The molecule has 1 fully saturated rings. The molecule has 0 aromatic heterocycles. The molecule has 0 amide bonds. The first-order valence-electron chi connectivity index (χ1n) is 5.34. The molecule has 1 unspecified atom stereocenters. The van der Waals surface area contributed by atoms with E-state index in [0.29, 0.717) is 5.92 Å². The van der Waals surface area contributed by atoms with Crippen molar-refractivity contribution in [3.8, 4) is 6.07 Å². The highest BCUT2D eigenvalue weighted by molar-refractivity contribution is 5.35. The molecule has 0 N–H and O–H groups in total. The number of benzene rings is 1. The highest BCUT2D eigenvalue weighted by Crippen LogP contribution is 2.43. The molecule has 2 rings (SSSR count). The average molecular weight is 185 g/mol. The summed E-state index contributed by atoms with van der Waals surface area (Å²) in [5.41, 5.74) is 2.60. The highest BCUT2D eigenvalue weighted by atomic mass is 14.4. The predicted octanol–water partition coefficient (Wildman–Crippen LogP) is 3.27. The van der Waals surface area contributed by atoms with Gasteiger partial charge < -0.3 is 0 Å². The van der Waals surface area contributed by atoms with Crippen LogP contribution in [0, 0.1) is 17.2 Å². The molecule has 1 aromatic rings. The van der Waals surface area contributed by atoms with Crippen LogP contribution in [0.1, 0.15) is 36.8 Å². The smallest absolute Gasteiger partial charge is 0.0743 e. The maximum Gasteiger partial charge on any atom is 0.0743 e. The Bertz CT molecular complexity index is 358. The van der Waals surface area contributed by atoms with Crippen LogP contribution in [-0.4, -0.2) is 0 Å². The van der Waals surface area contributed by atoms with Crippen molar-refractivity contribution in [3.63, 3.8) is 0 Å². The van der Waals surface area contributed by atoms with Gasteiger partial charge in [-0.2, -0.15) is 5.26 Å². The maximum absolute atomic E-state index is 9.16. The average Bonchev–Trinajstić information content (AvgIpc) is 3.04. The number of rotatable bonds is 3. The maximum atomic E-state index is 9.16. The van der Waals surface area contributed by atoms with Gasteiger partial charge in [0.15, 0.2) is 0 Å². The second-order valence-corrected chi connectivity index (χ2v) is 4.00. The topological polar surface area (TPSA) is 23.8 Å². The molecular weight excluding hydrogens is 170 g/mol. The Labute approximate surface area is 85.4 Å². The molecule has 1 saturated carbocycles. The molecule has 0 saturated heterocycles. The van der Waals surface area contributed by atoms with Gasteiger partial charge in [0.05, 0.1) is 12.0 Å². The molecule has 1 heteroatoms. The van der Waals surface area contributed by atoms with Gasteiger partial charge in [0.1, 0.15) is 0 Å². The molecule has 1 atom stereocenters. The van der Waals surface area contributed by atoms with E-state index in [0.717, 1.165) is 6.42 Å². The zero-order valence-electron chi connectivity index (χ0n) is 8.53. The largest absolute Gasteiger partial charge is 0.198 e. The van der Waals surface area contributed by atoms with E-state index in [1.807, 2.05) is 6.07 Å². The summed E-state index contributed by atoms with van der Waals surface area (Å²) < 4.78 is 0. The summed E-state index contributed by atoms with van der Waals surface area (Å²) in [6.07, 6.45) is 3.49. The fourth-order valence-electron chi connectivity index (χ4n) is 2.02. The Morgan fingerprint density at radius 3 is 2.71 bits per heavy atom. The summed E-state index contributed by atoms with van der Waals surface area (Å²) in [6, 6.07) is 10.8. The molecule has 0 aliphatic heterocycles. The Hall–Kier alpha value is -1.29. The normalized spacial score (nSPS) is 17.4. The van der Waals surface area contributed by atoms with Crippen LogP contribution in [-0.2, 0) is 6.42 Å². The van der Waals surface area contributed by atoms with Gasteiger partial charge in [0.2, 0.25) is 0 Å². The van der Waals surface area contributed by atoms with Crippen LogP contribution in [0.4, 0.5) is 0 Å². The van der Waals surface area contributed by atoms with Crippen LogP contribution in [0.25, 0.3) is 0 Å². The second kappa shape index (κ2) is 3.84. The van der Waals surface area contributed by atoms with E-state index in [2.05, 4.69) is 31.2 Å². The quantitative estimate of drug-likeness (QED) is 0.709. The third-order valence-corrected chi connectivity index (χ3v) is 3.00. The lowest BCUT2D eigenvalue weighted by atomic mass is 9.90. The van der Waals surface area contributed by atoms with E-state index in [4.69, 9.17) is 5.26 Å².